The zero-order valence-corrected chi connectivity index (χ0v) is 16.4. The molecule has 2 atom stereocenters. The van der Waals surface area contributed by atoms with E-state index in [-0.39, 0.29) is 17.8 Å². The van der Waals surface area contributed by atoms with E-state index in [1.54, 1.807) is 17.4 Å². The van der Waals surface area contributed by atoms with Gasteiger partial charge in [0.1, 0.15) is 11.5 Å². The molecule has 142 valence electrons. The van der Waals surface area contributed by atoms with Crippen molar-refractivity contribution in [3.05, 3.63) is 49.7 Å². The van der Waals surface area contributed by atoms with E-state index in [2.05, 4.69) is 19.9 Å². The van der Waals surface area contributed by atoms with Crippen LogP contribution in [0.15, 0.2) is 27.4 Å². The van der Waals surface area contributed by atoms with E-state index in [4.69, 9.17) is 9.15 Å². The molecule has 1 N–H and O–H groups in total. The van der Waals surface area contributed by atoms with E-state index < -0.39 is 5.63 Å². The van der Waals surface area contributed by atoms with Gasteiger partial charge in [0.25, 0.3) is 0 Å². The molecule has 0 spiro atoms. The van der Waals surface area contributed by atoms with E-state index in [0.29, 0.717) is 17.7 Å². The minimum atomic E-state index is -0.420. The molecule has 4 nitrogen and oxygen atoms in total. The summed E-state index contributed by atoms with van der Waals surface area (Å²) >= 11 is 1.70. The first-order chi connectivity index (χ1) is 12.6. The highest BCUT2D eigenvalue weighted by molar-refractivity contribution is 7.12. The maximum absolute atomic E-state index is 12.5. The second-order valence-corrected chi connectivity index (χ2v) is 8.32. The summed E-state index contributed by atoms with van der Waals surface area (Å²) < 4.78 is 11.3. The fourth-order valence-corrected chi connectivity index (χ4v) is 4.72. The lowest BCUT2D eigenvalue weighted by molar-refractivity contribution is 0.0948. The van der Waals surface area contributed by atoms with Crippen LogP contribution in [0.4, 0.5) is 0 Å². The van der Waals surface area contributed by atoms with Crippen molar-refractivity contribution in [2.75, 3.05) is 6.61 Å². The van der Waals surface area contributed by atoms with Crippen molar-refractivity contribution >= 4 is 11.3 Å². The summed E-state index contributed by atoms with van der Waals surface area (Å²) in [7, 11) is 0. The highest BCUT2D eigenvalue weighted by atomic mass is 32.1. The van der Waals surface area contributed by atoms with Crippen LogP contribution in [0.5, 0.6) is 5.75 Å². The SMILES string of the molecule is CCCc1ccc(Cc2c(O)cc(C(CC)CC3CCCO3)oc2=O)s1. The Kier molecular flexibility index (Phi) is 6.54. The normalized spacial score (nSPS) is 18.3. The second kappa shape index (κ2) is 8.87. The maximum Gasteiger partial charge on any atom is 0.343 e. The Balaban J connectivity index is 1.77. The van der Waals surface area contributed by atoms with Gasteiger partial charge >= 0.3 is 5.63 Å². The molecule has 0 aromatic carbocycles. The van der Waals surface area contributed by atoms with Gasteiger partial charge in [-0.3, -0.25) is 0 Å². The van der Waals surface area contributed by atoms with Gasteiger partial charge in [0.05, 0.1) is 11.7 Å². The molecule has 2 aromatic rings. The van der Waals surface area contributed by atoms with E-state index in [9.17, 15) is 9.90 Å². The van der Waals surface area contributed by atoms with Crippen LogP contribution >= 0.6 is 11.3 Å². The minimum Gasteiger partial charge on any atom is -0.507 e. The lowest BCUT2D eigenvalue weighted by Gasteiger charge is -2.18. The molecule has 0 bridgehead atoms. The van der Waals surface area contributed by atoms with E-state index in [1.807, 2.05) is 6.07 Å². The van der Waals surface area contributed by atoms with Gasteiger partial charge in [-0.2, -0.15) is 0 Å². The van der Waals surface area contributed by atoms with Crippen molar-refractivity contribution < 1.29 is 14.3 Å². The number of hydrogen-bond acceptors (Lipinski definition) is 5. The Hall–Kier alpha value is -1.59. The molecule has 3 rings (SSSR count). The Morgan fingerprint density at radius 3 is 2.77 bits per heavy atom. The molecule has 2 aromatic heterocycles. The largest absolute Gasteiger partial charge is 0.507 e. The molecule has 1 aliphatic heterocycles. The molecule has 2 unspecified atom stereocenters. The molecular weight excluding hydrogens is 348 g/mol. The van der Waals surface area contributed by atoms with Crippen LogP contribution in [-0.4, -0.2) is 17.8 Å². The number of rotatable bonds is 8. The van der Waals surface area contributed by atoms with Crippen LogP contribution in [0.1, 0.15) is 72.9 Å². The predicted molar refractivity (Wildman–Crippen MR) is 104 cm³/mol. The predicted octanol–water partition coefficient (Wildman–Crippen LogP) is 5.01. The van der Waals surface area contributed by atoms with Crippen LogP contribution in [0.3, 0.4) is 0 Å². The lowest BCUT2D eigenvalue weighted by Crippen LogP contribution is -2.15. The molecule has 1 aliphatic rings. The summed E-state index contributed by atoms with van der Waals surface area (Å²) in [5.41, 5.74) is -0.0677. The van der Waals surface area contributed by atoms with E-state index in [0.717, 1.165) is 50.0 Å². The molecule has 1 saturated heterocycles. The Morgan fingerprint density at radius 2 is 2.12 bits per heavy atom. The highest BCUT2D eigenvalue weighted by Crippen LogP contribution is 2.32. The van der Waals surface area contributed by atoms with Gasteiger partial charge in [0.15, 0.2) is 0 Å². The van der Waals surface area contributed by atoms with Crippen LogP contribution < -0.4 is 5.63 Å². The average molecular weight is 377 g/mol. The third-order valence-electron chi connectivity index (χ3n) is 5.08. The van der Waals surface area contributed by atoms with Gasteiger partial charge in [0, 0.05) is 34.8 Å². The summed E-state index contributed by atoms with van der Waals surface area (Å²) in [6.07, 6.45) is 6.65. The monoisotopic (exact) mass is 376 g/mol. The lowest BCUT2D eigenvalue weighted by atomic mass is 9.94. The number of ether oxygens (including phenoxy) is 1. The van der Waals surface area contributed by atoms with Crippen molar-refractivity contribution in [1.29, 1.82) is 0 Å². The number of aromatic hydroxyl groups is 1. The molecule has 0 saturated carbocycles. The maximum atomic E-state index is 12.5. The summed E-state index contributed by atoms with van der Waals surface area (Å²) in [4.78, 5) is 14.9. The van der Waals surface area contributed by atoms with E-state index >= 15 is 0 Å². The average Bonchev–Trinajstić information content (AvgIpc) is 3.28. The Morgan fingerprint density at radius 1 is 1.31 bits per heavy atom. The third-order valence-corrected chi connectivity index (χ3v) is 6.22. The highest BCUT2D eigenvalue weighted by Gasteiger charge is 2.24. The second-order valence-electron chi connectivity index (χ2n) is 7.07. The standard InChI is InChI=1S/C21H28O4S/c1-3-6-16-8-9-17(26-16)12-18-19(22)13-20(25-21(18)23)14(4-2)11-15-7-5-10-24-15/h8-9,13-15,22H,3-7,10-12H2,1-2H3. The van der Waals surface area contributed by atoms with Gasteiger partial charge in [-0.05, 0) is 44.2 Å². The molecule has 1 fully saturated rings. The van der Waals surface area contributed by atoms with Gasteiger partial charge in [-0.25, -0.2) is 4.79 Å². The molecule has 5 heteroatoms. The molecule has 0 aliphatic carbocycles. The molecule has 26 heavy (non-hydrogen) atoms. The number of hydrogen-bond donors (Lipinski definition) is 1. The number of aryl methyl sites for hydroxylation is 1. The van der Waals surface area contributed by atoms with Gasteiger partial charge in [-0.15, -0.1) is 11.3 Å². The Labute approximate surface area is 158 Å². The van der Waals surface area contributed by atoms with Gasteiger partial charge in [-0.1, -0.05) is 20.3 Å². The summed E-state index contributed by atoms with van der Waals surface area (Å²) in [6.45, 7) is 5.04. The fourth-order valence-electron chi connectivity index (χ4n) is 3.59. The van der Waals surface area contributed by atoms with Gasteiger partial charge in [0.2, 0.25) is 0 Å². The van der Waals surface area contributed by atoms with Crippen molar-refractivity contribution in [3.8, 4) is 5.75 Å². The first-order valence-corrected chi connectivity index (χ1v) is 10.5. The molecule has 0 radical (unpaired) electrons. The molecule has 3 heterocycles. The first-order valence-electron chi connectivity index (χ1n) is 9.65. The zero-order valence-electron chi connectivity index (χ0n) is 15.6. The van der Waals surface area contributed by atoms with Crippen LogP contribution in [0.2, 0.25) is 0 Å². The summed E-state index contributed by atoms with van der Waals surface area (Å²) in [5.74, 6) is 0.725. The van der Waals surface area contributed by atoms with E-state index in [1.165, 1.54) is 4.88 Å². The van der Waals surface area contributed by atoms with Crippen molar-refractivity contribution in [3.63, 3.8) is 0 Å². The van der Waals surface area contributed by atoms with Crippen molar-refractivity contribution in [2.24, 2.45) is 0 Å². The van der Waals surface area contributed by atoms with Crippen LogP contribution in [0, 0.1) is 0 Å². The summed E-state index contributed by atoms with van der Waals surface area (Å²) in [5, 5.41) is 10.5. The third kappa shape index (κ3) is 4.57. The van der Waals surface area contributed by atoms with Gasteiger partial charge < -0.3 is 14.3 Å². The van der Waals surface area contributed by atoms with Crippen molar-refractivity contribution in [2.45, 2.75) is 70.8 Å². The zero-order chi connectivity index (χ0) is 18.5. The first kappa shape index (κ1) is 19.2. The summed E-state index contributed by atoms with van der Waals surface area (Å²) in [6, 6.07) is 5.78. The smallest absolute Gasteiger partial charge is 0.343 e. The van der Waals surface area contributed by atoms with Crippen molar-refractivity contribution in [1.82, 2.24) is 0 Å². The fraction of sp³-hybridized carbons (Fsp3) is 0.571. The topological polar surface area (TPSA) is 59.7 Å². The van der Waals surface area contributed by atoms with Crippen LogP contribution in [0.25, 0.3) is 0 Å². The Bertz CT molecular complexity index is 771. The molecular formula is C21H28O4S. The number of thiophene rings is 1. The van der Waals surface area contributed by atoms with Crippen LogP contribution in [-0.2, 0) is 17.6 Å². The molecule has 0 amide bonds. The minimum absolute atomic E-state index is 0.0486. The quantitative estimate of drug-likeness (QED) is 0.703.